The monoisotopic (exact) mass is 236 g/mol. The normalized spacial score (nSPS) is 11.3. The van der Waals surface area contributed by atoms with Crippen molar-refractivity contribution in [2.24, 2.45) is 10.2 Å². The van der Waals surface area contributed by atoms with Gasteiger partial charge in [0, 0.05) is 25.3 Å². The summed E-state index contributed by atoms with van der Waals surface area (Å²) in [6, 6.07) is 20.5. The van der Waals surface area contributed by atoms with Gasteiger partial charge in [-0.25, -0.2) is 0 Å². The number of nitrogens with zero attached hydrogens (tertiary/aromatic N) is 2. The summed E-state index contributed by atoms with van der Waals surface area (Å²) in [4.78, 5) is 0. The van der Waals surface area contributed by atoms with Gasteiger partial charge in [-0.1, -0.05) is 60.7 Å². The fourth-order valence-corrected chi connectivity index (χ4v) is 1.61. The lowest BCUT2D eigenvalue weighted by Crippen LogP contribution is -1.86. The van der Waals surface area contributed by atoms with Gasteiger partial charge in [-0.2, -0.15) is 10.2 Å². The highest BCUT2D eigenvalue weighted by Crippen LogP contribution is 1.98. The van der Waals surface area contributed by atoms with E-state index < -0.39 is 0 Å². The summed E-state index contributed by atoms with van der Waals surface area (Å²) < 4.78 is 0. The zero-order valence-electron chi connectivity index (χ0n) is 10.2. The maximum absolute atomic E-state index is 4.03. The van der Waals surface area contributed by atoms with E-state index in [2.05, 4.69) is 34.5 Å². The fourth-order valence-electron chi connectivity index (χ4n) is 1.61. The van der Waals surface area contributed by atoms with Crippen LogP contribution in [0.3, 0.4) is 0 Å². The van der Waals surface area contributed by atoms with Crippen molar-refractivity contribution in [3.63, 3.8) is 0 Å². The maximum Gasteiger partial charge on any atom is 0.0313 e. The van der Waals surface area contributed by atoms with Crippen molar-refractivity contribution < 1.29 is 0 Å². The second-order valence-electron chi connectivity index (χ2n) is 3.98. The van der Waals surface area contributed by atoms with Crippen molar-refractivity contribution in [1.29, 1.82) is 0 Å². The van der Waals surface area contributed by atoms with Gasteiger partial charge < -0.3 is 0 Å². The Morgan fingerprint density at radius 1 is 0.611 bits per heavy atom. The van der Waals surface area contributed by atoms with Gasteiger partial charge in [0.15, 0.2) is 0 Å². The Morgan fingerprint density at radius 2 is 1.00 bits per heavy atom. The molecule has 0 saturated carbocycles. The lowest BCUT2D eigenvalue weighted by Gasteiger charge is -1.93. The van der Waals surface area contributed by atoms with Crippen molar-refractivity contribution in [3.8, 4) is 0 Å². The van der Waals surface area contributed by atoms with Crippen LogP contribution in [0.5, 0.6) is 0 Å². The summed E-state index contributed by atoms with van der Waals surface area (Å²) in [5, 5.41) is 8.05. The second kappa shape index (κ2) is 7.17. The van der Waals surface area contributed by atoms with E-state index >= 15 is 0 Å². The summed E-state index contributed by atoms with van der Waals surface area (Å²) >= 11 is 0. The van der Waals surface area contributed by atoms with Gasteiger partial charge >= 0.3 is 0 Å². The number of hydrogen-bond acceptors (Lipinski definition) is 2. The third-order valence-corrected chi connectivity index (χ3v) is 2.57. The molecule has 2 heteroatoms. The van der Waals surface area contributed by atoms with Crippen LogP contribution in [0.25, 0.3) is 0 Å². The van der Waals surface area contributed by atoms with Gasteiger partial charge in [-0.05, 0) is 11.1 Å². The zero-order valence-corrected chi connectivity index (χ0v) is 10.2. The topological polar surface area (TPSA) is 24.7 Å². The van der Waals surface area contributed by atoms with Crippen LogP contribution in [0.4, 0.5) is 0 Å². The molecule has 0 aliphatic carbocycles. The first-order chi connectivity index (χ1) is 8.95. The average Bonchev–Trinajstić information content (AvgIpc) is 2.45. The molecule has 18 heavy (non-hydrogen) atoms. The first-order valence-corrected chi connectivity index (χ1v) is 6.06. The predicted octanol–water partition coefficient (Wildman–Crippen LogP) is 3.53. The maximum atomic E-state index is 4.03. The highest BCUT2D eigenvalue weighted by atomic mass is 15.2. The van der Waals surface area contributed by atoms with E-state index in [1.54, 1.807) is 0 Å². The Balaban J connectivity index is 1.75. The highest BCUT2D eigenvalue weighted by molar-refractivity contribution is 5.65. The minimum Gasteiger partial charge on any atom is -0.164 e. The van der Waals surface area contributed by atoms with Crippen LogP contribution >= 0.6 is 0 Å². The quantitative estimate of drug-likeness (QED) is 0.560. The standard InChI is InChI=1S/C16H16N2/c1-3-7-15(8-4-1)11-13-17-18-14-12-16-9-5-2-6-10-16/h1-10,13-14H,11-12H2/b17-13+,18-14+. The van der Waals surface area contributed by atoms with Gasteiger partial charge in [0.25, 0.3) is 0 Å². The third kappa shape index (κ3) is 4.34. The SMILES string of the molecule is C(/Cc1ccccc1)=N\N=C\Cc1ccccc1. The minimum absolute atomic E-state index is 0.823. The molecule has 0 unspecified atom stereocenters. The lowest BCUT2D eigenvalue weighted by atomic mass is 10.2. The summed E-state index contributed by atoms with van der Waals surface area (Å²) in [6.07, 6.45) is 5.31. The predicted molar refractivity (Wildman–Crippen MR) is 77.3 cm³/mol. The fraction of sp³-hybridized carbons (Fsp3) is 0.125. The summed E-state index contributed by atoms with van der Waals surface area (Å²) in [5.74, 6) is 0. The molecule has 0 heterocycles. The van der Waals surface area contributed by atoms with E-state index in [-0.39, 0.29) is 0 Å². The molecular weight excluding hydrogens is 220 g/mol. The first-order valence-electron chi connectivity index (χ1n) is 6.06. The second-order valence-corrected chi connectivity index (χ2v) is 3.98. The Labute approximate surface area is 108 Å². The lowest BCUT2D eigenvalue weighted by molar-refractivity contribution is 1.20. The van der Waals surface area contributed by atoms with Crippen molar-refractivity contribution in [3.05, 3.63) is 71.8 Å². The van der Waals surface area contributed by atoms with Crippen molar-refractivity contribution in [2.75, 3.05) is 0 Å². The molecule has 90 valence electrons. The molecule has 0 aliphatic heterocycles. The Morgan fingerprint density at radius 3 is 1.39 bits per heavy atom. The average molecular weight is 236 g/mol. The van der Waals surface area contributed by atoms with Crippen molar-refractivity contribution in [1.82, 2.24) is 0 Å². The summed E-state index contributed by atoms with van der Waals surface area (Å²) in [7, 11) is 0. The summed E-state index contributed by atoms with van der Waals surface area (Å²) in [5.41, 5.74) is 2.50. The van der Waals surface area contributed by atoms with E-state index in [0.29, 0.717) is 0 Å². The minimum atomic E-state index is 0.823. The molecule has 0 N–H and O–H groups in total. The molecule has 0 saturated heterocycles. The molecule has 2 aromatic carbocycles. The van der Waals surface area contributed by atoms with Crippen LogP contribution in [0.2, 0.25) is 0 Å². The molecule has 0 fully saturated rings. The van der Waals surface area contributed by atoms with E-state index in [1.807, 2.05) is 48.8 Å². The van der Waals surface area contributed by atoms with Crippen LogP contribution < -0.4 is 0 Å². The molecule has 2 aromatic rings. The smallest absolute Gasteiger partial charge is 0.0313 e. The first kappa shape index (κ1) is 12.2. The highest BCUT2D eigenvalue weighted by Gasteiger charge is 1.87. The number of hydrogen-bond donors (Lipinski definition) is 0. The van der Waals surface area contributed by atoms with Gasteiger partial charge in [-0.3, -0.25) is 0 Å². The van der Waals surface area contributed by atoms with E-state index in [4.69, 9.17) is 0 Å². The van der Waals surface area contributed by atoms with Crippen LogP contribution in [-0.4, -0.2) is 12.4 Å². The molecule has 2 nitrogen and oxygen atoms in total. The van der Waals surface area contributed by atoms with Crippen molar-refractivity contribution >= 4 is 12.4 Å². The molecule has 0 aromatic heterocycles. The molecule has 0 radical (unpaired) electrons. The molecule has 0 aliphatic rings. The molecule has 0 bridgehead atoms. The zero-order chi connectivity index (χ0) is 12.5. The molecule has 0 atom stereocenters. The van der Waals surface area contributed by atoms with Crippen LogP contribution in [0.15, 0.2) is 70.9 Å². The van der Waals surface area contributed by atoms with Gasteiger partial charge in [-0.15, -0.1) is 0 Å². The molecule has 0 amide bonds. The Hall–Kier alpha value is -2.22. The van der Waals surface area contributed by atoms with Gasteiger partial charge in [0.1, 0.15) is 0 Å². The molecular formula is C16H16N2. The van der Waals surface area contributed by atoms with Gasteiger partial charge in [0.05, 0.1) is 0 Å². The van der Waals surface area contributed by atoms with Crippen LogP contribution in [0.1, 0.15) is 11.1 Å². The third-order valence-electron chi connectivity index (χ3n) is 2.57. The summed E-state index contributed by atoms with van der Waals surface area (Å²) in [6.45, 7) is 0. The van der Waals surface area contributed by atoms with Crippen molar-refractivity contribution in [2.45, 2.75) is 12.8 Å². The Kier molecular flexibility index (Phi) is 4.88. The molecule has 0 spiro atoms. The number of rotatable bonds is 5. The number of benzene rings is 2. The van der Waals surface area contributed by atoms with E-state index in [9.17, 15) is 0 Å². The van der Waals surface area contributed by atoms with E-state index in [0.717, 1.165) is 12.8 Å². The Bertz CT molecular complexity index is 452. The molecule has 2 rings (SSSR count). The van der Waals surface area contributed by atoms with E-state index in [1.165, 1.54) is 11.1 Å². The van der Waals surface area contributed by atoms with Crippen LogP contribution in [-0.2, 0) is 12.8 Å². The van der Waals surface area contributed by atoms with Crippen LogP contribution in [0, 0.1) is 0 Å². The largest absolute Gasteiger partial charge is 0.164 e. The van der Waals surface area contributed by atoms with Gasteiger partial charge in [0.2, 0.25) is 0 Å².